The number of nitrogens with two attached hydrogens (primary N) is 1. The lowest BCUT2D eigenvalue weighted by Gasteiger charge is -2.11. The number of carbonyl (C=O) groups excluding carboxylic acids is 1. The molecular weight excluding hydrogens is 412 g/mol. The van der Waals surface area contributed by atoms with Crippen molar-refractivity contribution < 1.29 is 17.9 Å². The number of rotatable bonds is 5. The van der Waals surface area contributed by atoms with Crippen LogP contribution in [0.15, 0.2) is 29.2 Å². The van der Waals surface area contributed by atoms with Gasteiger partial charge in [0.25, 0.3) is 0 Å². The van der Waals surface area contributed by atoms with Gasteiger partial charge in [-0.1, -0.05) is 0 Å². The normalized spacial score (nSPS) is 14.0. The molecule has 1 aliphatic carbocycles. The van der Waals surface area contributed by atoms with Crippen molar-refractivity contribution in [1.29, 1.82) is 0 Å². The standard InChI is InChI=1S/C19H20N4O4S2/c1-21-29(25,26)12-8-6-11(7-9-12)19(24)27-10-15-22-17(20)16-13-4-2-3-5-14(13)28-18(16)23-15/h6-9,21H,2-5,10H2,1H3,(H2,20,22,23). The third-order valence-corrected chi connectivity index (χ3v) is 7.51. The molecule has 0 atom stereocenters. The second-order valence-electron chi connectivity index (χ2n) is 6.72. The fourth-order valence-corrected chi connectivity index (χ4v) is 5.42. The third-order valence-electron chi connectivity index (χ3n) is 4.89. The van der Waals surface area contributed by atoms with Gasteiger partial charge in [-0.15, -0.1) is 11.3 Å². The average molecular weight is 433 g/mol. The Kier molecular flexibility index (Phi) is 5.24. The number of hydrogen-bond donors (Lipinski definition) is 2. The molecule has 1 aromatic carbocycles. The third kappa shape index (κ3) is 3.83. The van der Waals surface area contributed by atoms with Gasteiger partial charge in [0.15, 0.2) is 12.4 Å². The number of sulfonamides is 1. The SMILES string of the molecule is CNS(=O)(=O)c1ccc(C(=O)OCc2nc(N)c3c4c(sc3n2)CCCC4)cc1. The summed E-state index contributed by atoms with van der Waals surface area (Å²) >= 11 is 1.63. The molecule has 10 heteroatoms. The van der Waals surface area contributed by atoms with E-state index in [1.807, 2.05) is 0 Å². The van der Waals surface area contributed by atoms with E-state index in [9.17, 15) is 13.2 Å². The van der Waals surface area contributed by atoms with Crippen LogP contribution >= 0.6 is 11.3 Å². The topological polar surface area (TPSA) is 124 Å². The van der Waals surface area contributed by atoms with Gasteiger partial charge in [0.2, 0.25) is 10.0 Å². The Morgan fingerprint density at radius 2 is 1.93 bits per heavy atom. The highest BCUT2D eigenvalue weighted by molar-refractivity contribution is 7.89. The summed E-state index contributed by atoms with van der Waals surface area (Å²) in [5.41, 5.74) is 7.66. The number of esters is 1. The zero-order valence-electron chi connectivity index (χ0n) is 15.8. The first-order chi connectivity index (χ1) is 13.9. The number of aromatic nitrogens is 2. The second kappa shape index (κ2) is 7.69. The van der Waals surface area contributed by atoms with Gasteiger partial charge < -0.3 is 10.5 Å². The minimum absolute atomic E-state index is 0.0692. The number of anilines is 1. The summed E-state index contributed by atoms with van der Waals surface area (Å²) in [5, 5.41) is 0.932. The monoisotopic (exact) mass is 432 g/mol. The first-order valence-electron chi connectivity index (χ1n) is 9.16. The van der Waals surface area contributed by atoms with E-state index in [0.717, 1.165) is 29.5 Å². The molecule has 2 aromatic heterocycles. The number of ether oxygens (including phenoxy) is 1. The molecule has 1 aliphatic rings. The summed E-state index contributed by atoms with van der Waals surface area (Å²) < 4.78 is 31.0. The summed E-state index contributed by atoms with van der Waals surface area (Å²) in [6.45, 7) is -0.113. The van der Waals surface area contributed by atoms with Crippen LogP contribution in [-0.4, -0.2) is 31.4 Å². The highest BCUT2D eigenvalue weighted by Gasteiger charge is 2.20. The van der Waals surface area contributed by atoms with Crippen LogP contribution in [0.2, 0.25) is 0 Å². The predicted octanol–water partition coefficient (Wildman–Crippen LogP) is 2.42. The van der Waals surface area contributed by atoms with Crippen LogP contribution in [-0.2, 0) is 34.2 Å². The van der Waals surface area contributed by atoms with Crippen LogP contribution in [0.3, 0.4) is 0 Å². The summed E-state index contributed by atoms with van der Waals surface area (Å²) in [7, 11) is -2.23. The number of nitrogen functional groups attached to an aromatic ring is 1. The molecule has 4 rings (SSSR count). The molecule has 0 amide bonds. The smallest absolute Gasteiger partial charge is 0.338 e. The first kappa shape index (κ1) is 19.7. The number of nitrogens with zero attached hydrogens (tertiary/aromatic N) is 2. The van der Waals surface area contributed by atoms with E-state index in [4.69, 9.17) is 10.5 Å². The van der Waals surface area contributed by atoms with E-state index in [1.54, 1.807) is 11.3 Å². The highest BCUT2D eigenvalue weighted by atomic mass is 32.2. The van der Waals surface area contributed by atoms with Crippen molar-refractivity contribution in [2.24, 2.45) is 0 Å². The van der Waals surface area contributed by atoms with Crippen molar-refractivity contribution >= 4 is 43.4 Å². The van der Waals surface area contributed by atoms with E-state index in [1.165, 1.54) is 48.2 Å². The number of aryl methyl sites for hydroxylation is 2. The fraction of sp³-hybridized carbons (Fsp3) is 0.316. The van der Waals surface area contributed by atoms with Crippen LogP contribution in [0, 0.1) is 0 Å². The number of hydrogen-bond acceptors (Lipinski definition) is 8. The molecule has 0 radical (unpaired) electrons. The largest absolute Gasteiger partial charge is 0.454 e. The van der Waals surface area contributed by atoms with Crippen molar-refractivity contribution in [1.82, 2.24) is 14.7 Å². The van der Waals surface area contributed by atoms with Gasteiger partial charge in [-0.25, -0.2) is 27.9 Å². The highest BCUT2D eigenvalue weighted by Crippen LogP contribution is 2.37. The first-order valence-corrected chi connectivity index (χ1v) is 11.5. The van der Waals surface area contributed by atoms with Crippen LogP contribution < -0.4 is 10.5 Å². The lowest BCUT2D eigenvalue weighted by Crippen LogP contribution is -2.18. The lowest BCUT2D eigenvalue weighted by atomic mass is 9.97. The Bertz CT molecular complexity index is 1190. The molecule has 29 heavy (non-hydrogen) atoms. The molecule has 3 N–H and O–H groups in total. The lowest BCUT2D eigenvalue weighted by molar-refractivity contribution is 0.0462. The van der Waals surface area contributed by atoms with E-state index < -0.39 is 16.0 Å². The van der Waals surface area contributed by atoms with Crippen LogP contribution in [0.25, 0.3) is 10.2 Å². The molecule has 0 bridgehead atoms. The zero-order valence-corrected chi connectivity index (χ0v) is 17.4. The Hall–Kier alpha value is -2.56. The summed E-state index contributed by atoms with van der Waals surface area (Å²) in [6, 6.07) is 5.49. The maximum atomic E-state index is 12.3. The summed E-state index contributed by atoms with van der Waals surface area (Å²) in [6.07, 6.45) is 4.36. The Balaban J connectivity index is 1.50. The van der Waals surface area contributed by atoms with Gasteiger partial charge >= 0.3 is 5.97 Å². The molecule has 0 spiro atoms. The number of thiophene rings is 1. The maximum absolute atomic E-state index is 12.3. The Morgan fingerprint density at radius 3 is 2.66 bits per heavy atom. The van der Waals surface area contributed by atoms with Crippen LogP contribution in [0.4, 0.5) is 5.82 Å². The van der Waals surface area contributed by atoms with E-state index in [2.05, 4.69) is 14.7 Å². The van der Waals surface area contributed by atoms with Crippen molar-refractivity contribution in [2.45, 2.75) is 37.2 Å². The molecule has 3 aromatic rings. The maximum Gasteiger partial charge on any atom is 0.338 e. The quantitative estimate of drug-likeness (QED) is 0.593. The Morgan fingerprint density at radius 1 is 1.21 bits per heavy atom. The fourth-order valence-electron chi connectivity index (χ4n) is 3.40. The van der Waals surface area contributed by atoms with Crippen LogP contribution in [0.1, 0.15) is 39.5 Å². The van der Waals surface area contributed by atoms with Crippen molar-refractivity contribution in [3.8, 4) is 0 Å². The van der Waals surface area contributed by atoms with Gasteiger partial charge in [-0.2, -0.15) is 0 Å². The average Bonchev–Trinajstić information content (AvgIpc) is 3.11. The van der Waals surface area contributed by atoms with E-state index in [0.29, 0.717) is 11.6 Å². The molecule has 2 heterocycles. The van der Waals surface area contributed by atoms with Gasteiger partial charge in [0.1, 0.15) is 10.6 Å². The van der Waals surface area contributed by atoms with Gasteiger partial charge in [-0.05, 0) is 62.6 Å². The number of nitrogens with one attached hydrogen (secondary N) is 1. The summed E-state index contributed by atoms with van der Waals surface area (Å²) in [5.74, 6) is 0.171. The molecular formula is C19H20N4O4S2. The van der Waals surface area contributed by atoms with Gasteiger partial charge in [0, 0.05) is 4.88 Å². The van der Waals surface area contributed by atoms with E-state index in [-0.39, 0.29) is 17.1 Å². The zero-order chi connectivity index (χ0) is 20.6. The second-order valence-corrected chi connectivity index (χ2v) is 9.69. The molecule has 152 valence electrons. The predicted molar refractivity (Wildman–Crippen MR) is 110 cm³/mol. The molecule has 8 nitrogen and oxygen atoms in total. The van der Waals surface area contributed by atoms with E-state index >= 15 is 0 Å². The minimum Gasteiger partial charge on any atom is -0.454 e. The van der Waals surface area contributed by atoms with Gasteiger partial charge in [-0.3, -0.25) is 0 Å². The van der Waals surface area contributed by atoms with Crippen molar-refractivity contribution in [3.05, 3.63) is 46.1 Å². The van der Waals surface area contributed by atoms with Gasteiger partial charge in [0.05, 0.1) is 15.8 Å². The van der Waals surface area contributed by atoms with Crippen LogP contribution in [0.5, 0.6) is 0 Å². The molecule has 0 aliphatic heterocycles. The van der Waals surface area contributed by atoms with Crippen molar-refractivity contribution in [2.75, 3.05) is 12.8 Å². The molecule has 0 fully saturated rings. The summed E-state index contributed by atoms with van der Waals surface area (Å²) in [4.78, 5) is 23.3. The molecule has 0 saturated heterocycles. The Labute approximate surface area is 172 Å². The molecule has 0 saturated carbocycles. The van der Waals surface area contributed by atoms with Crippen molar-refractivity contribution in [3.63, 3.8) is 0 Å². The minimum atomic E-state index is -3.56. The molecule has 0 unspecified atom stereocenters. The number of benzene rings is 1. The number of fused-ring (bicyclic) bond motifs is 3. The number of carbonyl (C=O) groups is 1.